The van der Waals surface area contributed by atoms with Crippen LogP contribution < -0.4 is 5.32 Å². The molecule has 11 heavy (non-hydrogen) atoms. The number of amides is 1. The molecular weight excluding hydrogens is 162 g/mol. The molecule has 0 aromatic rings. The van der Waals surface area contributed by atoms with Crippen LogP contribution in [0.25, 0.3) is 0 Å². The van der Waals surface area contributed by atoms with E-state index in [1.165, 1.54) is 6.92 Å². The highest BCUT2D eigenvalue weighted by Crippen LogP contribution is 1.88. The quantitative estimate of drug-likeness (QED) is 0.551. The monoisotopic (exact) mass is 179 g/mol. The van der Waals surface area contributed by atoms with Crippen LogP contribution in [0.4, 0.5) is 0 Å². The summed E-state index contributed by atoms with van der Waals surface area (Å²) < 4.78 is 0. The second kappa shape index (κ2) is 9.78. The highest BCUT2D eigenvalue weighted by Gasteiger charge is 1.99. The fourth-order valence-corrected chi connectivity index (χ4v) is 0.417. The number of rotatable bonds is 3. The Balaban J connectivity index is 0. The lowest BCUT2D eigenvalue weighted by Gasteiger charge is -2.05. The van der Waals surface area contributed by atoms with Crippen LogP contribution in [0.3, 0.4) is 0 Å². The summed E-state index contributed by atoms with van der Waals surface area (Å²) in [4.78, 5) is 10.2. The van der Waals surface area contributed by atoms with Crippen LogP contribution in [0.2, 0.25) is 0 Å². The van der Waals surface area contributed by atoms with E-state index >= 15 is 0 Å². The van der Waals surface area contributed by atoms with Gasteiger partial charge in [-0.15, -0.1) is 0 Å². The molecule has 0 bridgehead atoms. The van der Waals surface area contributed by atoms with Gasteiger partial charge in [-0.1, -0.05) is 13.8 Å². The maximum absolute atomic E-state index is 10.2. The average Bonchev–Trinajstić information content (AvgIpc) is 2.04. The topological polar surface area (TPSA) is 49.3 Å². The van der Waals surface area contributed by atoms with Crippen molar-refractivity contribution in [2.24, 2.45) is 0 Å². The van der Waals surface area contributed by atoms with Gasteiger partial charge in [0.25, 0.3) is 0 Å². The van der Waals surface area contributed by atoms with Gasteiger partial charge in [0.05, 0.1) is 6.61 Å². The summed E-state index contributed by atoms with van der Waals surface area (Å²) in [7, 11) is 0. The predicted molar refractivity (Wildman–Crippen MR) is 49.9 cm³/mol. The van der Waals surface area contributed by atoms with Crippen molar-refractivity contribution in [3.05, 3.63) is 0 Å². The standard InChI is InChI=1S/C5H11NO2S.C2H6/c1-4(8)6-2-5(9)3-7;1-2/h5,7,9H,2-3H2,1H3,(H,6,8);1-2H3. The average molecular weight is 179 g/mol. The minimum atomic E-state index is -0.145. The molecule has 3 nitrogen and oxygen atoms in total. The molecule has 1 unspecified atom stereocenters. The normalized spacial score (nSPS) is 11.0. The SMILES string of the molecule is CC.CC(=O)NCC(S)CO. The Morgan fingerprint density at radius 3 is 2.36 bits per heavy atom. The first kappa shape index (κ1) is 13.4. The summed E-state index contributed by atoms with van der Waals surface area (Å²) >= 11 is 3.94. The summed E-state index contributed by atoms with van der Waals surface area (Å²) in [6, 6.07) is 0. The van der Waals surface area contributed by atoms with Crippen LogP contribution in [0, 0.1) is 0 Å². The molecular formula is C7H17NO2S. The highest BCUT2D eigenvalue weighted by molar-refractivity contribution is 7.81. The Kier molecular flexibility index (Phi) is 11.9. The van der Waals surface area contributed by atoms with Gasteiger partial charge >= 0.3 is 0 Å². The molecule has 1 amide bonds. The number of hydrogen-bond donors (Lipinski definition) is 3. The van der Waals surface area contributed by atoms with Gasteiger partial charge in [0.2, 0.25) is 5.91 Å². The van der Waals surface area contributed by atoms with Crippen molar-refractivity contribution in [2.75, 3.05) is 13.2 Å². The van der Waals surface area contributed by atoms with E-state index in [2.05, 4.69) is 17.9 Å². The first-order chi connectivity index (χ1) is 5.16. The number of carbonyl (C=O) groups is 1. The minimum Gasteiger partial charge on any atom is -0.395 e. The van der Waals surface area contributed by atoms with Crippen molar-refractivity contribution >= 4 is 18.5 Å². The minimum absolute atomic E-state index is 0.0105. The molecule has 0 heterocycles. The summed E-state index contributed by atoms with van der Waals surface area (Å²) in [5, 5.41) is 10.8. The number of carbonyl (C=O) groups excluding carboxylic acids is 1. The van der Waals surface area contributed by atoms with Gasteiger partial charge in [-0.2, -0.15) is 12.6 Å². The lowest BCUT2D eigenvalue weighted by atomic mass is 10.4. The molecule has 0 saturated carbocycles. The van der Waals surface area contributed by atoms with Gasteiger partial charge in [-0.25, -0.2) is 0 Å². The summed E-state index contributed by atoms with van der Waals surface area (Å²) in [6.45, 7) is 5.84. The zero-order valence-electron chi connectivity index (χ0n) is 7.29. The third-order valence-corrected chi connectivity index (χ3v) is 1.14. The van der Waals surface area contributed by atoms with Crippen molar-refractivity contribution in [3.63, 3.8) is 0 Å². The van der Waals surface area contributed by atoms with Gasteiger partial charge in [-0.3, -0.25) is 4.79 Å². The van der Waals surface area contributed by atoms with Crippen LogP contribution in [-0.2, 0) is 4.79 Å². The largest absolute Gasteiger partial charge is 0.395 e. The fraction of sp³-hybridized carbons (Fsp3) is 0.857. The fourth-order valence-electron chi connectivity index (χ4n) is 0.326. The Bertz CT molecular complexity index is 98.4. The molecule has 2 N–H and O–H groups in total. The zero-order chi connectivity index (χ0) is 9.28. The van der Waals surface area contributed by atoms with Gasteiger partial charge in [0.1, 0.15) is 0 Å². The third-order valence-electron chi connectivity index (χ3n) is 0.797. The molecule has 0 aliphatic rings. The van der Waals surface area contributed by atoms with E-state index in [9.17, 15) is 4.79 Å². The van der Waals surface area contributed by atoms with Crippen LogP contribution in [0.15, 0.2) is 0 Å². The first-order valence-corrected chi connectivity index (χ1v) is 4.21. The molecule has 0 saturated heterocycles. The van der Waals surface area contributed by atoms with Crippen molar-refractivity contribution < 1.29 is 9.90 Å². The van der Waals surface area contributed by atoms with Gasteiger partial charge in [0.15, 0.2) is 0 Å². The Morgan fingerprint density at radius 2 is 2.09 bits per heavy atom. The number of aliphatic hydroxyl groups excluding tert-OH is 1. The Labute approximate surface area is 73.6 Å². The lowest BCUT2D eigenvalue weighted by Crippen LogP contribution is -2.29. The van der Waals surface area contributed by atoms with Crippen molar-refractivity contribution in [3.8, 4) is 0 Å². The molecule has 68 valence electrons. The van der Waals surface area contributed by atoms with E-state index in [-0.39, 0.29) is 17.8 Å². The van der Waals surface area contributed by atoms with Crippen LogP contribution in [0.1, 0.15) is 20.8 Å². The highest BCUT2D eigenvalue weighted by atomic mass is 32.1. The number of aliphatic hydroxyl groups is 1. The predicted octanol–water partition coefficient (Wildman–Crippen LogP) is 0.439. The van der Waals surface area contributed by atoms with E-state index in [0.717, 1.165) is 0 Å². The summed E-state index contributed by atoms with van der Waals surface area (Å²) in [5.41, 5.74) is 0. The second-order valence-electron chi connectivity index (χ2n) is 1.77. The second-order valence-corrected chi connectivity index (χ2v) is 2.50. The van der Waals surface area contributed by atoms with Crippen LogP contribution in [-0.4, -0.2) is 29.4 Å². The van der Waals surface area contributed by atoms with Crippen molar-refractivity contribution in [1.29, 1.82) is 0 Å². The van der Waals surface area contributed by atoms with Crippen molar-refractivity contribution in [1.82, 2.24) is 5.32 Å². The first-order valence-electron chi connectivity index (χ1n) is 3.70. The molecule has 0 radical (unpaired) electrons. The number of thiol groups is 1. The molecule has 0 spiro atoms. The van der Waals surface area contributed by atoms with E-state index in [4.69, 9.17) is 5.11 Å². The van der Waals surface area contributed by atoms with Crippen LogP contribution in [0.5, 0.6) is 0 Å². The van der Waals surface area contributed by atoms with Gasteiger partial charge in [0, 0.05) is 18.7 Å². The molecule has 1 atom stereocenters. The van der Waals surface area contributed by atoms with Crippen molar-refractivity contribution in [2.45, 2.75) is 26.0 Å². The molecule has 0 aromatic carbocycles. The number of hydrogen-bond acceptors (Lipinski definition) is 3. The maximum Gasteiger partial charge on any atom is 0.216 e. The smallest absolute Gasteiger partial charge is 0.216 e. The van der Waals surface area contributed by atoms with E-state index < -0.39 is 0 Å². The van der Waals surface area contributed by atoms with Gasteiger partial charge < -0.3 is 10.4 Å². The maximum atomic E-state index is 10.2. The Morgan fingerprint density at radius 1 is 1.64 bits per heavy atom. The summed E-state index contributed by atoms with van der Waals surface area (Å²) in [6.07, 6.45) is 0. The molecule has 0 fully saturated rings. The number of nitrogens with one attached hydrogen (secondary N) is 1. The molecule has 0 aliphatic carbocycles. The molecule has 0 aromatic heterocycles. The lowest BCUT2D eigenvalue weighted by molar-refractivity contribution is -0.118. The molecule has 4 heteroatoms. The van der Waals surface area contributed by atoms with E-state index in [0.29, 0.717) is 6.54 Å². The molecule has 0 rings (SSSR count). The summed E-state index contributed by atoms with van der Waals surface area (Å²) in [5.74, 6) is -0.0949. The zero-order valence-corrected chi connectivity index (χ0v) is 8.19. The van der Waals surface area contributed by atoms with Gasteiger partial charge in [-0.05, 0) is 0 Å². The third kappa shape index (κ3) is 12.9. The van der Waals surface area contributed by atoms with E-state index in [1.807, 2.05) is 13.8 Å². The van der Waals surface area contributed by atoms with Crippen LogP contribution >= 0.6 is 12.6 Å². The van der Waals surface area contributed by atoms with E-state index in [1.54, 1.807) is 0 Å². The Hall–Kier alpha value is -0.220. The molecule has 0 aliphatic heterocycles.